The van der Waals surface area contributed by atoms with Gasteiger partial charge in [0.15, 0.2) is 0 Å². The van der Waals surface area contributed by atoms with Crippen LogP contribution in [0.15, 0.2) is 66.9 Å². The molecular formula is C29H28FN3O3. The molecule has 3 heterocycles. The fourth-order valence-corrected chi connectivity index (χ4v) is 5.07. The SMILES string of the molecule is O=C(NCCc1c[nH]c2ccc(F)cc12)c1cccc(-c2ccc3c(c2)COC2(CCNCC2)O3)c1. The summed E-state index contributed by atoms with van der Waals surface area (Å²) in [6.07, 6.45) is 4.15. The second-order valence-electron chi connectivity index (χ2n) is 9.46. The van der Waals surface area contributed by atoms with Crippen LogP contribution < -0.4 is 15.4 Å². The monoisotopic (exact) mass is 485 g/mol. The van der Waals surface area contributed by atoms with Crippen molar-refractivity contribution in [1.82, 2.24) is 15.6 Å². The molecule has 7 heteroatoms. The third-order valence-electron chi connectivity index (χ3n) is 7.08. The molecule has 36 heavy (non-hydrogen) atoms. The van der Waals surface area contributed by atoms with E-state index in [1.54, 1.807) is 6.07 Å². The van der Waals surface area contributed by atoms with Crippen molar-refractivity contribution in [3.63, 3.8) is 0 Å². The number of fused-ring (bicyclic) bond motifs is 2. The Morgan fingerprint density at radius 3 is 2.78 bits per heavy atom. The predicted octanol–water partition coefficient (Wildman–Crippen LogP) is 4.94. The van der Waals surface area contributed by atoms with Crippen molar-refractivity contribution >= 4 is 16.8 Å². The van der Waals surface area contributed by atoms with E-state index in [1.807, 2.05) is 42.6 Å². The molecular weight excluding hydrogens is 457 g/mol. The summed E-state index contributed by atoms with van der Waals surface area (Å²) < 4.78 is 26.0. The molecule has 184 valence electrons. The second-order valence-corrected chi connectivity index (χ2v) is 9.46. The summed E-state index contributed by atoms with van der Waals surface area (Å²) in [7, 11) is 0. The lowest BCUT2D eigenvalue weighted by Crippen LogP contribution is -2.49. The predicted molar refractivity (Wildman–Crippen MR) is 136 cm³/mol. The first-order valence-electron chi connectivity index (χ1n) is 12.4. The fourth-order valence-electron chi connectivity index (χ4n) is 5.07. The van der Waals surface area contributed by atoms with Gasteiger partial charge in [-0.25, -0.2) is 4.39 Å². The minimum absolute atomic E-state index is 0.139. The van der Waals surface area contributed by atoms with Crippen LogP contribution in [-0.2, 0) is 17.8 Å². The second kappa shape index (κ2) is 9.41. The van der Waals surface area contributed by atoms with Crippen molar-refractivity contribution in [3.05, 3.63) is 89.4 Å². The van der Waals surface area contributed by atoms with Crippen LogP contribution in [-0.4, -0.2) is 36.3 Å². The lowest BCUT2D eigenvalue weighted by molar-refractivity contribution is -0.218. The van der Waals surface area contributed by atoms with Gasteiger partial charge in [-0.3, -0.25) is 4.79 Å². The molecule has 0 atom stereocenters. The highest BCUT2D eigenvalue weighted by molar-refractivity contribution is 5.95. The van der Waals surface area contributed by atoms with Gasteiger partial charge in [-0.15, -0.1) is 0 Å². The number of benzene rings is 3. The lowest BCUT2D eigenvalue weighted by Gasteiger charge is -2.41. The van der Waals surface area contributed by atoms with Gasteiger partial charge < -0.3 is 25.1 Å². The minimum Gasteiger partial charge on any atom is -0.462 e. The van der Waals surface area contributed by atoms with Gasteiger partial charge >= 0.3 is 0 Å². The smallest absolute Gasteiger partial charge is 0.251 e. The largest absolute Gasteiger partial charge is 0.462 e. The van der Waals surface area contributed by atoms with Gasteiger partial charge in [0, 0.05) is 60.7 Å². The maximum Gasteiger partial charge on any atom is 0.251 e. The first-order chi connectivity index (χ1) is 17.6. The minimum atomic E-state index is -0.515. The average molecular weight is 486 g/mol. The number of ether oxygens (including phenoxy) is 2. The topological polar surface area (TPSA) is 75.4 Å². The number of rotatable bonds is 5. The number of aromatic amines is 1. The Balaban J connectivity index is 1.13. The van der Waals surface area contributed by atoms with E-state index in [0.29, 0.717) is 25.1 Å². The Kier molecular flexibility index (Phi) is 5.95. The zero-order chi connectivity index (χ0) is 24.5. The highest BCUT2D eigenvalue weighted by atomic mass is 19.1. The lowest BCUT2D eigenvalue weighted by atomic mass is 9.98. The fraction of sp³-hybridized carbons (Fsp3) is 0.276. The zero-order valence-corrected chi connectivity index (χ0v) is 19.9. The Hall–Kier alpha value is -3.68. The molecule has 2 aliphatic rings. The molecule has 6 nitrogen and oxygen atoms in total. The van der Waals surface area contributed by atoms with Crippen LogP contribution in [0.1, 0.15) is 34.3 Å². The number of hydrogen-bond donors (Lipinski definition) is 3. The standard InChI is InChI=1S/C29H28FN3O3/c30-24-5-6-26-25(16-24)22(17-33-26)8-11-32-28(34)21-3-1-2-19(14-21)20-4-7-27-23(15-20)18-35-29(36-27)9-12-31-13-10-29/h1-7,14-17,31,33H,8-13,18H2,(H,32,34). The van der Waals surface area contributed by atoms with Crippen molar-refractivity contribution in [2.45, 2.75) is 31.7 Å². The summed E-state index contributed by atoms with van der Waals surface area (Å²) in [5.74, 6) is -0.0490. The van der Waals surface area contributed by atoms with E-state index in [4.69, 9.17) is 9.47 Å². The highest BCUT2D eigenvalue weighted by Crippen LogP contribution is 2.38. The number of amides is 1. The summed E-state index contributed by atoms with van der Waals surface area (Å²) in [4.78, 5) is 16.0. The molecule has 3 aromatic carbocycles. The Morgan fingerprint density at radius 2 is 1.89 bits per heavy atom. The van der Waals surface area contributed by atoms with Crippen LogP contribution in [0.3, 0.4) is 0 Å². The highest BCUT2D eigenvalue weighted by Gasteiger charge is 2.38. The summed E-state index contributed by atoms with van der Waals surface area (Å²) in [6.45, 7) is 2.75. The van der Waals surface area contributed by atoms with E-state index in [-0.39, 0.29) is 11.7 Å². The number of H-pyrrole nitrogens is 1. The van der Waals surface area contributed by atoms with Crippen molar-refractivity contribution in [2.24, 2.45) is 0 Å². The van der Waals surface area contributed by atoms with E-state index >= 15 is 0 Å². The summed E-state index contributed by atoms with van der Waals surface area (Å²) >= 11 is 0. The van der Waals surface area contributed by atoms with Crippen molar-refractivity contribution in [1.29, 1.82) is 0 Å². The molecule has 1 aromatic heterocycles. The molecule has 1 saturated heterocycles. The molecule has 0 bridgehead atoms. The number of halogens is 1. The third-order valence-corrected chi connectivity index (χ3v) is 7.08. The first-order valence-corrected chi connectivity index (χ1v) is 12.4. The molecule has 0 aliphatic carbocycles. The number of nitrogens with one attached hydrogen (secondary N) is 3. The van der Waals surface area contributed by atoms with Crippen LogP contribution in [0.4, 0.5) is 4.39 Å². The molecule has 4 aromatic rings. The first kappa shape index (κ1) is 22.8. The summed E-state index contributed by atoms with van der Waals surface area (Å²) in [5, 5.41) is 7.18. The molecule has 1 amide bonds. The van der Waals surface area contributed by atoms with Gasteiger partial charge in [0.05, 0.1) is 6.61 Å². The number of carbonyl (C=O) groups is 1. The van der Waals surface area contributed by atoms with Gasteiger partial charge in [0.2, 0.25) is 5.79 Å². The van der Waals surface area contributed by atoms with Crippen molar-refractivity contribution in [2.75, 3.05) is 19.6 Å². The molecule has 3 N–H and O–H groups in total. The molecule has 1 fully saturated rings. The maximum absolute atomic E-state index is 13.6. The number of aromatic nitrogens is 1. The van der Waals surface area contributed by atoms with E-state index in [1.165, 1.54) is 12.1 Å². The maximum atomic E-state index is 13.6. The van der Waals surface area contributed by atoms with Crippen molar-refractivity contribution in [3.8, 4) is 16.9 Å². The van der Waals surface area contributed by atoms with Crippen LogP contribution in [0.5, 0.6) is 5.75 Å². The van der Waals surface area contributed by atoms with E-state index in [9.17, 15) is 9.18 Å². The van der Waals surface area contributed by atoms with Crippen LogP contribution in [0.2, 0.25) is 0 Å². The molecule has 6 rings (SSSR count). The summed E-state index contributed by atoms with van der Waals surface area (Å²) in [5.41, 5.74) is 5.44. The number of hydrogen-bond acceptors (Lipinski definition) is 4. The van der Waals surface area contributed by atoms with E-state index in [0.717, 1.165) is 64.8 Å². The zero-order valence-electron chi connectivity index (χ0n) is 19.9. The summed E-state index contributed by atoms with van der Waals surface area (Å²) in [6, 6.07) is 18.4. The molecule has 0 saturated carbocycles. The Bertz CT molecular complexity index is 1420. The van der Waals surface area contributed by atoms with Crippen molar-refractivity contribution < 1.29 is 18.7 Å². The van der Waals surface area contributed by atoms with Crippen LogP contribution in [0, 0.1) is 5.82 Å². The van der Waals surface area contributed by atoms with E-state index in [2.05, 4.69) is 21.7 Å². The van der Waals surface area contributed by atoms with Gasteiger partial charge in [-0.05, 0) is 65.6 Å². The molecule has 0 unspecified atom stereocenters. The average Bonchev–Trinajstić information content (AvgIpc) is 3.31. The van der Waals surface area contributed by atoms with E-state index < -0.39 is 5.79 Å². The van der Waals surface area contributed by atoms with Gasteiger partial charge in [0.25, 0.3) is 5.91 Å². The Labute approximate surface area is 208 Å². The normalized spacial score (nSPS) is 16.5. The number of piperidine rings is 1. The van der Waals surface area contributed by atoms with Crippen LogP contribution >= 0.6 is 0 Å². The Morgan fingerprint density at radius 1 is 1.03 bits per heavy atom. The van der Waals surface area contributed by atoms with Gasteiger partial charge in [-0.1, -0.05) is 18.2 Å². The van der Waals surface area contributed by atoms with Gasteiger partial charge in [0.1, 0.15) is 11.6 Å². The third kappa shape index (κ3) is 4.47. The van der Waals surface area contributed by atoms with Gasteiger partial charge in [-0.2, -0.15) is 0 Å². The molecule has 2 aliphatic heterocycles. The molecule has 1 spiro atoms. The molecule has 0 radical (unpaired) electrons. The number of carbonyl (C=O) groups excluding carboxylic acids is 1. The van der Waals surface area contributed by atoms with Crippen LogP contribution in [0.25, 0.3) is 22.0 Å². The quantitative estimate of drug-likeness (QED) is 0.375.